The summed E-state index contributed by atoms with van der Waals surface area (Å²) in [5, 5.41) is 19.9. The maximum Gasteiger partial charge on any atom is 0.411 e. The first-order chi connectivity index (χ1) is 54.4. The number of sulfonamides is 2. The summed E-state index contributed by atoms with van der Waals surface area (Å²) in [6, 6.07) is 18.4. The van der Waals surface area contributed by atoms with Crippen molar-refractivity contribution in [3.05, 3.63) is 144 Å². The van der Waals surface area contributed by atoms with Crippen LogP contribution in [0.15, 0.2) is 120 Å². The molecule has 0 unspecified atom stereocenters. The molecule has 2 aliphatic carbocycles. The Hall–Kier alpha value is -10.5. The van der Waals surface area contributed by atoms with Gasteiger partial charge in [-0.25, -0.2) is 63.8 Å². The van der Waals surface area contributed by atoms with Crippen LogP contribution < -0.4 is 30.7 Å². The number of likely N-dealkylation sites (tertiary alicyclic amines) is 2. The Labute approximate surface area is 664 Å². The molecule has 8 amide bonds. The highest BCUT2D eigenvalue weighted by atomic mass is 32.2. The van der Waals surface area contributed by atoms with Crippen molar-refractivity contribution in [2.24, 2.45) is 11.8 Å². The van der Waals surface area contributed by atoms with Crippen molar-refractivity contribution >= 4 is 91.4 Å². The molecule has 2 saturated carbocycles. The number of nitrogens with one attached hydrogen (secondary N) is 6. The molecule has 4 aliphatic heterocycles. The average Bonchev–Trinajstić information content (AvgIpc) is 1.58. The Kier molecular flexibility index (Phi) is 29.4. The fourth-order valence-corrected chi connectivity index (χ4v) is 15.7. The number of anilines is 2. The van der Waals surface area contributed by atoms with E-state index in [2.05, 4.69) is 48.6 Å². The van der Waals surface area contributed by atoms with E-state index in [1.54, 1.807) is 77.9 Å². The largest absolute Gasteiger partial charge is 0.480 e. The molecule has 4 fully saturated rings. The van der Waals surface area contributed by atoms with Crippen molar-refractivity contribution in [1.82, 2.24) is 39.7 Å². The molecule has 6 aliphatic rings. The number of hydrogen-bond acceptors (Lipinski definition) is 25. The van der Waals surface area contributed by atoms with Crippen LogP contribution in [-0.4, -0.2) is 234 Å². The van der Waals surface area contributed by atoms with Crippen LogP contribution in [-0.2, 0) is 118 Å². The lowest BCUT2D eigenvalue weighted by Gasteiger charge is -2.29. The molecule has 0 bridgehead atoms. The van der Waals surface area contributed by atoms with Crippen LogP contribution in [0.4, 0.5) is 39.3 Å². The number of carboxylic acids is 1. The number of benzene rings is 4. The summed E-state index contributed by atoms with van der Waals surface area (Å²) in [5.41, 5.74) is -2.93. The molecule has 34 nitrogen and oxygen atoms in total. The van der Waals surface area contributed by atoms with E-state index in [9.17, 15) is 73.6 Å². The second-order valence-corrected chi connectivity index (χ2v) is 33.3. The minimum Gasteiger partial charge on any atom is -0.480 e. The summed E-state index contributed by atoms with van der Waals surface area (Å²) < 4.78 is 136. The molecular weight excluding hydrogens is 1550 g/mol. The number of esters is 1. The van der Waals surface area contributed by atoms with Gasteiger partial charge in [-0.1, -0.05) is 60.7 Å². The molecule has 38 heteroatoms. The van der Waals surface area contributed by atoms with Crippen molar-refractivity contribution in [3.63, 3.8) is 0 Å². The van der Waals surface area contributed by atoms with Crippen LogP contribution >= 0.6 is 0 Å². The smallest absolute Gasteiger partial charge is 0.411 e. The Morgan fingerprint density at radius 1 is 0.530 bits per heavy atom. The van der Waals surface area contributed by atoms with Gasteiger partial charge < -0.3 is 69.0 Å². The van der Waals surface area contributed by atoms with Gasteiger partial charge in [0, 0.05) is 88.4 Å². The third-order valence-corrected chi connectivity index (χ3v) is 21.9. The van der Waals surface area contributed by atoms with E-state index in [0.717, 1.165) is 9.80 Å². The molecule has 115 heavy (non-hydrogen) atoms. The number of aliphatic carboxylic acids is 1. The number of methoxy groups -OCH3 is 1. The van der Waals surface area contributed by atoms with Gasteiger partial charge in [0.05, 0.1) is 57.9 Å². The van der Waals surface area contributed by atoms with Crippen molar-refractivity contribution in [2.75, 3.05) is 96.8 Å². The summed E-state index contributed by atoms with van der Waals surface area (Å²) >= 11 is 0. The second kappa shape index (κ2) is 38.3. The van der Waals surface area contributed by atoms with E-state index >= 15 is 0 Å². The third-order valence-electron chi connectivity index (χ3n) is 19.2. The van der Waals surface area contributed by atoms with Crippen LogP contribution in [0, 0.1) is 23.5 Å². The summed E-state index contributed by atoms with van der Waals surface area (Å²) in [6.45, 7) is 18.5. The number of ether oxygens (including phenoxy) is 9. The van der Waals surface area contributed by atoms with Gasteiger partial charge in [-0.15, -0.1) is 13.2 Å². The molecular formula is C77H98F2N10O24S2. The summed E-state index contributed by atoms with van der Waals surface area (Å²) in [5.74, 6) is -7.37. The van der Waals surface area contributed by atoms with Gasteiger partial charge in [0.25, 0.3) is 31.9 Å². The maximum atomic E-state index is 14.4. The molecule has 0 radical (unpaired) electrons. The number of hydrogen-bond donors (Lipinski definition) is 7. The van der Waals surface area contributed by atoms with Crippen LogP contribution in [0.25, 0.3) is 0 Å². The minimum absolute atomic E-state index is 0.0102. The number of carbonyl (C=O) groups is 10. The van der Waals surface area contributed by atoms with E-state index in [0.29, 0.717) is 41.7 Å². The van der Waals surface area contributed by atoms with Crippen LogP contribution in [0.5, 0.6) is 0 Å². The molecule has 2 saturated heterocycles. The lowest BCUT2D eigenvalue weighted by molar-refractivity contribution is -0.146. The first-order valence-electron chi connectivity index (χ1n) is 37.1. The number of rotatable bonds is 34. The van der Waals surface area contributed by atoms with Gasteiger partial charge in [-0.05, 0) is 115 Å². The predicted octanol–water partition coefficient (Wildman–Crippen LogP) is 6.37. The van der Waals surface area contributed by atoms with Gasteiger partial charge >= 0.3 is 36.3 Å². The lowest BCUT2D eigenvalue weighted by Crippen LogP contribution is -2.56. The lowest BCUT2D eigenvalue weighted by atomic mass is 10.1. The Morgan fingerprint density at radius 2 is 0.922 bits per heavy atom. The monoisotopic (exact) mass is 1650 g/mol. The van der Waals surface area contributed by atoms with Crippen molar-refractivity contribution in [1.29, 1.82) is 0 Å². The topological polar surface area (TPSA) is 427 Å². The highest BCUT2D eigenvalue weighted by Gasteiger charge is 2.63. The van der Waals surface area contributed by atoms with Crippen molar-refractivity contribution < 1.29 is 121 Å². The average molecular weight is 1650 g/mol. The Bertz CT molecular complexity index is 4530. The van der Waals surface area contributed by atoms with E-state index in [1.165, 1.54) is 77.6 Å². The van der Waals surface area contributed by atoms with Crippen LogP contribution in [0.1, 0.15) is 102 Å². The second-order valence-electron chi connectivity index (χ2n) is 30.0. The zero-order valence-corrected chi connectivity index (χ0v) is 66.5. The highest BCUT2D eigenvalue weighted by molar-refractivity contribution is 7.90. The van der Waals surface area contributed by atoms with Gasteiger partial charge in [-0.2, -0.15) is 0 Å². The molecule has 4 aromatic carbocycles. The SMILES string of the molecule is C=C[C@@H]1C[C@]1(NC(=O)[C@@H]1C[C@@H](OC(=O)N2Cc3cccc(F)c3C2)CN1C(=O)OC(C)(C)C)C(=O)NS(=O)(=O)c1ccccc1NCCOCCCOCC(=O)O.C=C[C@@H]1C[C@]1(NC(=O)[C@@H]1C[C@@H](OC(=O)N2Cc3cccc(F)c3C2)CN1C(=O)OC(C)(C)C)C(=O)NS(=O)(=O)c1ccccc1NCCOCCCOCC(=O)OC. The van der Waals surface area contributed by atoms with E-state index < -0.39 is 157 Å². The van der Waals surface area contributed by atoms with E-state index in [-0.39, 0.29) is 139 Å². The van der Waals surface area contributed by atoms with E-state index in [1.807, 2.05) is 0 Å². The third kappa shape index (κ3) is 23.4. The highest BCUT2D eigenvalue weighted by Crippen LogP contribution is 2.47. The summed E-state index contributed by atoms with van der Waals surface area (Å²) in [4.78, 5) is 135. The molecule has 8 atom stereocenters. The number of carboxylic acid groups (broad SMARTS) is 1. The van der Waals surface area contributed by atoms with Crippen molar-refractivity contribution in [3.8, 4) is 0 Å². The normalized spacial score (nSPS) is 21.2. The van der Waals surface area contributed by atoms with Gasteiger partial charge in [0.2, 0.25) is 11.8 Å². The molecule has 4 heterocycles. The molecule has 0 spiro atoms. The number of nitrogens with zero attached hydrogens (tertiary/aromatic N) is 4. The first-order valence-corrected chi connectivity index (χ1v) is 40.1. The maximum absolute atomic E-state index is 14.4. The molecule has 7 N–H and O–H groups in total. The molecule has 4 aromatic rings. The summed E-state index contributed by atoms with van der Waals surface area (Å²) in [7, 11) is -7.74. The van der Waals surface area contributed by atoms with E-state index in [4.69, 9.17) is 43.0 Å². The first kappa shape index (κ1) is 88.4. The zero-order chi connectivity index (χ0) is 83.8. The van der Waals surface area contributed by atoms with Crippen molar-refractivity contribution in [2.45, 2.75) is 163 Å². The minimum atomic E-state index is -4.51. The van der Waals surface area contributed by atoms with Gasteiger partial charge in [0.15, 0.2) is 0 Å². The summed E-state index contributed by atoms with van der Waals surface area (Å²) in [6.07, 6.45) is -1.66. The van der Waals surface area contributed by atoms with Crippen LogP contribution in [0.3, 0.4) is 0 Å². The number of amides is 8. The van der Waals surface area contributed by atoms with Crippen LogP contribution in [0.2, 0.25) is 0 Å². The standard InChI is InChI=1S/C39H50FN5O12S.C38H48FN5O12S/c1-6-26-20-39(26,35(48)43-58(51,52)32-14-8-7-13-30(32)41-15-18-54-16-10-17-55-24-33(46)53-5)42-34(47)31-19-27(22-45(31)37(50)57-38(2,3)4)56-36(49)44-21-25-11-9-12-29(40)28(25)23-44;1-5-25-19-38(25,34(48)42-57(51,52)31-13-7-6-12-29(31)40-14-17-53-15-9-16-54-23-32(45)46)41-33(47)30-18-26(21-44(30)36(50)56-37(2,3)4)55-35(49)43-20-24-10-8-11-28(39)27(24)22-43/h6-9,11-14,26-27,31,41H,1,10,15-24H2,2-5H3,(H,42,47)(H,43,48);5-8,10-13,25-26,30,40H,1,9,14-23H2,2-4H3,(H,41,47)(H,42,48)(H,45,46)/t26-,27-,31+,39-;25-,26-,30+,38-/m11/s1. The predicted molar refractivity (Wildman–Crippen MR) is 406 cm³/mol. The fraction of sp³-hybridized carbons (Fsp3) is 0.506. The molecule has 0 aromatic heterocycles. The molecule has 626 valence electrons. The quantitative estimate of drug-likeness (QED) is 0.0115. The zero-order valence-electron chi connectivity index (χ0n) is 64.9. The van der Waals surface area contributed by atoms with Gasteiger partial charge in [-0.3, -0.25) is 38.8 Å². The number of halogens is 2. The number of carbonyl (C=O) groups excluding carboxylic acids is 9. The Morgan fingerprint density at radius 3 is 1.29 bits per heavy atom. The van der Waals surface area contributed by atoms with Gasteiger partial charge in [0.1, 0.15) is 81.2 Å². The molecule has 10 rings (SSSR count). The Balaban J connectivity index is 0.000000263. The fourth-order valence-electron chi connectivity index (χ4n) is 13.3. The number of para-hydroxylation sites is 2. The number of fused-ring (bicyclic) bond motifs is 2.